The average Bonchev–Trinajstić information content (AvgIpc) is 2.96. The minimum atomic E-state index is -0.198. The summed E-state index contributed by atoms with van der Waals surface area (Å²) in [7, 11) is 0. The van der Waals surface area contributed by atoms with Gasteiger partial charge in [0, 0.05) is 0 Å². The summed E-state index contributed by atoms with van der Waals surface area (Å²) in [5, 5.41) is 9.03. The highest BCUT2D eigenvalue weighted by atomic mass is 16.5. The lowest BCUT2D eigenvalue weighted by Gasteiger charge is -2.07. The van der Waals surface area contributed by atoms with Gasteiger partial charge in [0.2, 0.25) is 0 Å². The molecular formula is C13H16N4O2. The summed E-state index contributed by atoms with van der Waals surface area (Å²) >= 11 is 0. The number of rotatable bonds is 6. The van der Waals surface area contributed by atoms with Crippen LogP contribution >= 0.6 is 0 Å². The number of aromatic nitrogens is 3. The van der Waals surface area contributed by atoms with Crippen molar-refractivity contribution in [2.45, 2.75) is 19.9 Å². The summed E-state index contributed by atoms with van der Waals surface area (Å²) in [4.78, 5) is 15.4. The lowest BCUT2D eigenvalue weighted by atomic mass is 10.2. The lowest BCUT2D eigenvalue weighted by molar-refractivity contribution is -0.123. The van der Waals surface area contributed by atoms with E-state index in [0.717, 1.165) is 6.42 Å². The Morgan fingerprint density at radius 3 is 2.79 bits per heavy atom. The average molecular weight is 260 g/mol. The molecule has 0 fully saturated rings. The molecule has 6 nitrogen and oxygen atoms in total. The van der Waals surface area contributed by atoms with Crippen LogP contribution in [-0.2, 0) is 17.8 Å². The van der Waals surface area contributed by atoms with Crippen molar-refractivity contribution in [2.24, 2.45) is 0 Å². The Labute approximate surface area is 111 Å². The molecule has 1 amide bonds. The molecule has 0 atom stereocenters. The maximum Gasteiger partial charge on any atom is 0.258 e. The molecule has 100 valence electrons. The fourth-order valence-electron chi connectivity index (χ4n) is 1.52. The number of aryl methyl sites for hydroxylation is 1. The van der Waals surface area contributed by atoms with E-state index >= 15 is 0 Å². The summed E-state index contributed by atoms with van der Waals surface area (Å²) in [5.41, 5.74) is 1.24. The smallest absolute Gasteiger partial charge is 0.258 e. The molecule has 1 aromatic carbocycles. The largest absolute Gasteiger partial charge is 0.484 e. The Morgan fingerprint density at radius 1 is 1.37 bits per heavy atom. The van der Waals surface area contributed by atoms with Gasteiger partial charge in [0.05, 0.1) is 6.54 Å². The zero-order chi connectivity index (χ0) is 13.5. The molecule has 0 saturated carbocycles. The van der Waals surface area contributed by atoms with Crippen molar-refractivity contribution in [3.05, 3.63) is 42.0 Å². The standard InChI is InChI=1S/C13H16N4O2/c1-2-10-3-5-11(6-4-10)19-8-13(18)14-7-12-15-9-16-17-12/h3-6,9H,2,7-8H2,1H3,(H,14,18)(H,15,16,17). The molecule has 19 heavy (non-hydrogen) atoms. The first kappa shape index (κ1) is 13.1. The highest BCUT2D eigenvalue weighted by molar-refractivity contribution is 5.77. The lowest BCUT2D eigenvalue weighted by Crippen LogP contribution is -2.28. The minimum Gasteiger partial charge on any atom is -0.484 e. The van der Waals surface area contributed by atoms with Gasteiger partial charge in [0.1, 0.15) is 17.9 Å². The van der Waals surface area contributed by atoms with Gasteiger partial charge >= 0.3 is 0 Å². The Morgan fingerprint density at radius 2 is 2.16 bits per heavy atom. The molecule has 2 rings (SSSR count). The summed E-state index contributed by atoms with van der Waals surface area (Å²) in [5.74, 6) is 1.10. The van der Waals surface area contributed by atoms with Crippen molar-refractivity contribution in [3.63, 3.8) is 0 Å². The number of benzene rings is 1. The topological polar surface area (TPSA) is 79.9 Å². The van der Waals surface area contributed by atoms with Crippen molar-refractivity contribution in [2.75, 3.05) is 6.61 Å². The Hall–Kier alpha value is -2.37. The van der Waals surface area contributed by atoms with Crippen LogP contribution in [-0.4, -0.2) is 27.7 Å². The van der Waals surface area contributed by atoms with Gasteiger partial charge in [-0.25, -0.2) is 4.98 Å². The van der Waals surface area contributed by atoms with E-state index in [2.05, 4.69) is 27.4 Å². The van der Waals surface area contributed by atoms with Gasteiger partial charge < -0.3 is 10.1 Å². The number of hydrogen-bond donors (Lipinski definition) is 2. The van der Waals surface area contributed by atoms with Gasteiger partial charge in [-0.3, -0.25) is 9.89 Å². The molecule has 2 aromatic rings. The molecule has 0 bridgehead atoms. The van der Waals surface area contributed by atoms with E-state index in [4.69, 9.17) is 4.74 Å². The number of amides is 1. The van der Waals surface area contributed by atoms with Crippen LogP contribution < -0.4 is 10.1 Å². The number of nitrogens with zero attached hydrogens (tertiary/aromatic N) is 2. The Kier molecular flexibility index (Phi) is 4.49. The minimum absolute atomic E-state index is 0.0143. The van der Waals surface area contributed by atoms with Crippen LogP contribution in [0.3, 0.4) is 0 Å². The third-order valence-electron chi connectivity index (χ3n) is 2.62. The Bertz CT molecular complexity index is 508. The SMILES string of the molecule is CCc1ccc(OCC(=O)NCc2ncn[nH]2)cc1. The van der Waals surface area contributed by atoms with Crippen LogP contribution in [0.1, 0.15) is 18.3 Å². The third-order valence-corrected chi connectivity index (χ3v) is 2.62. The van der Waals surface area contributed by atoms with Crippen molar-refractivity contribution >= 4 is 5.91 Å². The number of H-pyrrole nitrogens is 1. The van der Waals surface area contributed by atoms with Gasteiger partial charge in [0.25, 0.3) is 5.91 Å². The number of ether oxygens (including phenoxy) is 1. The predicted octanol–water partition coefficient (Wildman–Crippen LogP) is 1.06. The molecule has 0 aliphatic carbocycles. The van der Waals surface area contributed by atoms with E-state index in [1.807, 2.05) is 24.3 Å². The number of hydrogen-bond acceptors (Lipinski definition) is 4. The first-order valence-corrected chi connectivity index (χ1v) is 6.10. The molecule has 1 aromatic heterocycles. The molecule has 0 saturated heterocycles. The van der Waals surface area contributed by atoms with Gasteiger partial charge in [-0.2, -0.15) is 5.10 Å². The van der Waals surface area contributed by atoms with E-state index in [1.165, 1.54) is 11.9 Å². The normalized spacial score (nSPS) is 10.2. The highest BCUT2D eigenvalue weighted by Gasteiger charge is 2.04. The maximum atomic E-state index is 11.5. The zero-order valence-electron chi connectivity index (χ0n) is 10.7. The summed E-state index contributed by atoms with van der Waals surface area (Å²) in [6.07, 6.45) is 2.38. The predicted molar refractivity (Wildman–Crippen MR) is 69.5 cm³/mol. The summed E-state index contributed by atoms with van der Waals surface area (Å²) in [6.45, 7) is 2.39. The van der Waals surface area contributed by atoms with Crippen molar-refractivity contribution < 1.29 is 9.53 Å². The second-order valence-electron chi connectivity index (χ2n) is 4.00. The van der Waals surface area contributed by atoms with Crippen LogP contribution in [0, 0.1) is 0 Å². The van der Waals surface area contributed by atoms with E-state index in [1.54, 1.807) is 0 Å². The molecule has 1 heterocycles. The van der Waals surface area contributed by atoms with Gasteiger partial charge in [-0.15, -0.1) is 0 Å². The van der Waals surface area contributed by atoms with Crippen molar-refractivity contribution in [3.8, 4) is 5.75 Å². The molecule has 0 unspecified atom stereocenters. The molecule has 0 aliphatic rings. The molecule has 0 radical (unpaired) electrons. The molecule has 2 N–H and O–H groups in total. The molecule has 0 aliphatic heterocycles. The third kappa shape index (κ3) is 4.09. The molecule has 0 spiro atoms. The van der Waals surface area contributed by atoms with E-state index in [9.17, 15) is 4.79 Å². The second kappa shape index (κ2) is 6.53. The Balaban J connectivity index is 1.73. The zero-order valence-corrected chi connectivity index (χ0v) is 10.7. The highest BCUT2D eigenvalue weighted by Crippen LogP contribution is 2.12. The van der Waals surface area contributed by atoms with Crippen molar-refractivity contribution in [1.82, 2.24) is 20.5 Å². The molecule has 6 heteroatoms. The molecular weight excluding hydrogens is 244 g/mol. The second-order valence-corrected chi connectivity index (χ2v) is 4.00. The van der Waals surface area contributed by atoms with E-state index in [0.29, 0.717) is 18.1 Å². The number of carbonyl (C=O) groups excluding carboxylic acids is 1. The first-order valence-electron chi connectivity index (χ1n) is 6.10. The quantitative estimate of drug-likeness (QED) is 0.814. The van der Waals surface area contributed by atoms with Gasteiger partial charge in [0.15, 0.2) is 6.61 Å². The van der Waals surface area contributed by atoms with E-state index in [-0.39, 0.29) is 12.5 Å². The van der Waals surface area contributed by atoms with Crippen LogP contribution in [0.25, 0.3) is 0 Å². The van der Waals surface area contributed by atoms with Crippen LogP contribution in [0.15, 0.2) is 30.6 Å². The fraction of sp³-hybridized carbons (Fsp3) is 0.308. The first-order chi connectivity index (χ1) is 9.28. The van der Waals surface area contributed by atoms with Crippen LogP contribution in [0.2, 0.25) is 0 Å². The number of nitrogens with one attached hydrogen (secondary N) is 2. The maximum absolute atomic E-state index is 11.5. The number of carbonyl (C=O) groups is 1. The summed E-state index contributed by atoms with van der Waals surface area (Å²) in [6, 6.07) is 7.70. The van der Waals surface area contributed by atoms with Crippen LogP contribution in [0.4, 0.5) is 0 Å². The monoisotopic (exact) mass is 260 g/mol. The van der Waals surface area contributed by atoms with Gasteiger partial charge in [-0.1, -0.05) is 19.1 Å². The summed E-state index contributed by atoms with van der Waals surface area (Å²) < 4.78 is 5.38. The fourth-order valence-corrected chi connectivity index (χ4v) is 1.52. The van der Waals surface area contributed by atoms with Crippen molar-refractivity contribution in [1.29, 1.82) is 0 Å². The van der Waals surface area contributed by atoms with E-state index < -0.39 is 0 Å². The number of aromatic amines is 1. The van der Waals surface area contributed by atoms with Gasteiger partial charge in [-0.05, 0) is 24.1 Å². The van der Waals surface area contributed by atoms with Crippen LogP contribution in [0.5, 0.6) is 5.75 Å².